The second-order valence-electron chi connectivity index (χ2n) is 4.68. The van der Waals surface area contributed by atoms with Crippen molar-refractivity contribution in [1.29, 1.82) is 0 Å². The Hall–Kier alpha value is -0.890. The molecule has 7 heteroatoms. The summed E-state index contributed by atoms with van der Waals surface area (Å²) in [6.45, 7) is 0.896. The highest BCUT2D eigenvalue weighted by Crippen LogP contribution is 2.31. The Morgan fingerprint density at radius 1 is 1.20 bits per heavy atom. The first-order valence-corrected chi connectivity index (χ1v) is 9.14. The lowest BCUT2D eigenvalue weighted by Crippen LogP contribution is -2.35. The molecule has 3 rings (SSSR count). The van der Waals surface area contributed by atoms with Crippen LogP contribution in [-0.2, 0) is 23.0 Å². The van der Waals surface area contributed by atoms with Crippen molar-refractivity contribution in [3.05, 3.63) is 45.2 Å². The molecule has 0 aliphatic carbocycles. The lowest BCUT2D eigenvalue weighted by atomic mass is 10.0. The van der Waals surface area contributed by atoms with Crippen LogP contribution in [0.25, 0.3) is 0 Å². The molecule has 0 fully saturated rings. The number of anilines is 1. The van der Waals surface area contributed by atoms with Gasteiger partial charge in [0.2, 0.25) is 0 Å². The van der Waals surface area contributed by atoms with Gasteiger partial charge in [-0.3, -0.25) is 0 Å². The normalized spacial score (nSPS) is 16.1. The summed E-state index contributed by atoms with van der Waals surface area (Å²) in [5.74, 6) is 0. The molecule has 0 radical (unpaired) electrons. The highest BCUT2D eigenvalue weighted by molar-refractivity contribution is 9.11. The summed E-state index contributed by atoms with van der Waals surface area (Å²) < 4.78 is 27.9. The van der Waals surface area contributed by atoms with E-state index in [0.29, 0.717) is 23.0 Å². The van der Waals surface area contributed by atoms with E-state index in [-0.39, 0.29) is 0 Å². The standard InChI is InChI=1S/C13H13BrN2O2S2/c14-12-3-4-13(19-12)20(17,18)16-6-5-9-1-2-11(15)7-10(9)8-16/h1-4,7H,5-6,8,15H2. The van der Waals surface area contributed by atoms with E-state index in [0.717, 1.165) is 15.8 Å². The van der Waals surface area contributed by atoms with Gasteiger partial charge in [0.05, 0.1) is 3.79 Å². The van der Waals surface area contributed by atoms with Crippen molar-refractivity contribution in [2.24, 2.45) is 0 Å². The minimum atomic E-state index is -3.42. The summed E-state index contributed by atoms with van der Waals surface area (Å²) in [5.41, 5.74) is 8.62. The van der Waals surface area contributed by atoms with Crippen molar-refractivity contribution < 1.29 is 8.42 Å². The van der Waals surface area contributed by atoms with Crippen molar-refractivity contribution in [3.63, 3.8) is 0 Å². The molecule has 1 aliphatic heterocycles. The third kappa shape index (κ3) is 2.50. The number of nitrogens with zero attached hydrogens (tertiary/aromatic N) is 1. The molecular formula is C13H13BrN2O2S2. The van der Waals surface area contributed by atoms with Crippen LogP contribution in [0.2, 0.25) is 0 Å². The zero-order valence-electron chi connectivity index (χ0n) is 10.5. The molecule has 4 nitrogen and oxygen atoms in total. The van der Waals surface area contributed by atoms with E-state index in [1.54, 1.807) is 12.1 Å². The van der Waals surface area contributed by atoms with Gasteiger partial charge in [0.1, 0.15) is 4.21 Å². The summed E-state index contributed by atoms with van der Waals surface area (Å²) in [6, 6.07) is 9.10. The van der Waals surface area contributed by atoms with Crippen LogP contribution in [0, 0.1) is 0 Å². The molecule has 0 saturated heterocycles. The van der Waals surface area contributed by atoms with Crippen molar-refractivity contribution in [1.82, 2.24) is 4.31 Å². The van der Waals surface area contributed by atoms with Gasteiger partial charge in [-0.1, -0.05) is 6.07 Å². The lowest BCUT2D eigenvalue weighted by Gasteiger charge is -2.27. The number of hydrogen-bond acceptors (Lipinski definition) is 4. The summed E-state index contributed by atoms with van der Waals surface area (Å²) in [7, 11) is -3.42. The highest BCUT2D eigenvalue weighted by Gasteiger charge is 2.29. The maximum Gasteiger partial charge on any atom is 0.252 e. The molecular weight excluding hydrogens is 360 g/mol. The maximum absolute atomic E-state index is 12.6. The molecule has 0 amide bonds. The van der Waals surface area contributed by atoms with Gasteiger partial charge in [-0.25, -0.2) is 8.42 Å². The first-order valence-electron chi connectivity index (χ1n) is 6.09. The van der Waals surface area contributed by atoms with Crippen molar-refractivity contribution in [2.45, 2.75) is 17.2 Å². The van der Waals surface area contributed by atoms with Crippen LogP contribution in [-0.4, -0.2) is 19.3 Å². The van der Waals surface area contributed by atoms with Crippen LogP contribution in [0.15, 0.2) is 38.3 Å². The molecule has 0 bridgehead atoms. The predicted octanol–water partition coefficient (Wildman–Crippen LogP) is 2.84. The summed E-state index contributed by atoms with van der Waals surface area (Å²) >= 11 is 4.54. The number of hydrogen-bond donors (Lipinski definition) is 1. The topological polar surface area (TPSA) is 63.4 Å². The number of nitrogen functional groups attached to an aromatic ring is 1. The zero-order valence-corrected chi connectivity index (χ0v) is 13.8. The number of benzene rings is 1. The molecule has 0 saturated carbocycles. The van der Waals surface area contributed by atoms with Gasteiger partial charge in [0, 0.05) is 18.8 Å². The van der Waals surface area contributed by atoms with E-state index in [4.69, 9.17) is 5.73 Å². The van der Waals surface area contributed by atoms with Gasteiger partial charge in [-0.05, 0) is 57.7 Å². The summed E-state index contributed by atoms with van der Waals surface area (Å²) in [5, 5.41) is 0. The van der Waals surface area contributed by atoms with Crippen LogP contribution in [0.4, 0.5) is 5.69 Å². The maximum atomic E-state index is 12.6. The van der Waals surface area contributed by atoms with E-state index in [1.807, 2.05) is 18.2 Å². The van der Waals surface area contributed by atoms with E-state index in [2.05, 4.69) is 15.9 Å². The summed E-state index contributed by atoms with van der Waals surface area (Å²) in [4.78, 5) is 0. The van der Waals surface area contributed by atoms with Crippen LogP contribution in [0.3, 0.4) is 0 Å². The van der Waals surface area contributed by atoms with Gasteiger partial charge < -0.3 is 5.73 Å². The molecule has 1 aliphatic rings. The van der Waals surface area contributed by atoms with Gasteiger partial charge in [0.15, 0.2) is 0 Å². The number of sulfonamides is 1. The fourth-order valence-corrected chi connectivity index (χ4v) is 5.90. The Morgan fingerprint density at radius 2 is 2.00 bits per heavy atom. The minimum absolute atomic E-state index is 0.372. The Bertz CT molecular complexity index is 755. The molecule has 0 spiro atoms. The average Bonchev–Trinajstić information content (AvgIpc) is 2.85. The smallest absolute Gasteiger partial charge is 0.252 e. The Kier molecular flexibility index (Phi) is 3.62. The fourth-order valence-electron chi connectivity index (χ4n) is 2.32. The van der Waals surface area contributed by atoms with E-state index < -0.39 is 10.0 Å². The highest BCUT2D eigenvalue weighted by atomic mass is 79.9. The molecule has 2 heterocycles. The Balaban J connectivity index is 1.93. The number of nitrogens with two attached hydrogens (primary N) is 1. The van der Waals surface area contributed by atoms with E-state index in [1.165, 1.54) is 21.2 Å². The zero-order chi connectivity index (χ0) is 14.3. The third-order valence-corrected chi connectivity index (χ3v) is 7.29. The van der Waals surface area contributed by atoms with Crippen molar-refractivity contribution >= 4 is 43.0 Å². The number of thiophene rings is 1. The monoisotopic (exact) mass is 372 g/mol. The largest absolute Gasteiger partial charge is 0.399 e. The van der Waals surface area contributed by atoms with Crippen LogP contribution < -0.4 is 5.73 Å². The molecule has 2 N–H and O–H groups in total. The number of halogens is 1. The van der Waals surface area contributed by atoms with Gasteiger partial charge >= 0.3 is 0 Å². The molecule has 20 heavy (non-hydrogen) atoms. The van der Waals surface area contributed by atoms with Crippen LogP contribution >= 0.6 is 27.3 Å². The van der Waals surface area contributed by atoms with Gasteiger partial charge in [-0.15, -0.1) is 11.3 Å². The molecule has 0 atom stereocenters. The third-order valence-electron chi connectivity index (χ3n) is 3.35. The molecule has 106 valence electrons. The predicted molar refractivity (Wildman–Crippen MR) is 84.2 cm³/mol. The quantitative estimate of drug-likeness (QED) is 0.824. The molecule has 1 aromatic heterocycles. The van der Waals surface area contributed by atoms with Gasteiger partial charge in [0.25, 0.3) is 10.0 Å². The Morgan fingerprint density at radius 3 is 2.70 bits per heavy atom. The van der Waals surface area contributed by atoms with E-state index in [9.17, 15) is 8.42 Å². The molecule has 0 unspecified atom stereocenters. The second kappa shape index (κ2) is 5.14. The second-order valence-corrected chi connectivity index (χ2v) is 9.30. The Labute approximate surface area is 130 Å². The van der Waals surface area contributed by atoms with Crippen LogP contribution in [0.5, 0.6) is 0 Å². The number of fused-ring (bicyclic) bond motifs is 1. The minimum Gasteiger partial charge on any atom is -0.399 e. The molecule has 1 aromatic carbocycles. The fraction of sp³-hybridized carbons (Fsp3) is 0.231. The number of rotatable bonds is 2. The SMILES string of the molecule is Nc1ccc2c(c1)CN(S(=O)(=O)c1ccc(Br)s1)CC2. The van der Waals surface area contributed by atoms with Crippen molar-refractivity contribution in [2.75, 3.05) is 12.3 Å². The molecule has 2 aromatic rings. The first-order chi connectivity index (χ1) is 9.46. The first kappa shape index (κ1) is 14.1. The average molecular weight is 373 g/mol. The van der Waals surface area contributed by atoms with Crippen molar-refractivity contribution in [3.8, 4) is 0 Å². The summed E-state index contributed by atoms with van der Waals surface area (Å²) in [6.07, 6.45) is 0.724. The lowest BCUT2D eigenvalue weighted by molar-refractivity contribution is 0.392. The van der Waals surface area contributed by atoms with Gasteiger partial charge in [-0.2, -0.15) is 4.31 Å². The van der Waals surface area contributed by atoms with E-state index >= 15 is 0 Å². The van der Waals surface area contributed by atoms with Crippen LogP contribution in [0.1, 0.15) is 11.1 Å².